The van der Waals surface area contributed by atoms with Crippen molar-refractivity contribution < 1.29 is 8.42 Å². The second-order valence-corrected chi connectivity index (χ2v) is 6.70. The number of sulfonamides is 1. The Kier molecular flexibility index (Phi) is 3.45. The molecule has 3 rings (SSSR count). The molecule has 1 aliphatic rings. The van der Waals surface area contributed by atoms with Crippen LogP contribution in [0.4, 0.5) is 0 Å². The number of hydrogen-bond acceptors (Lipinski definition) is 4. The molecule has 0 fully saturated rings. The molecular formula is C15H13N3O2S. The van der Waals surface area contributed by atoms with Crippen LogP contribution in [0.5, 0.6) is 0 Å². The van der Waals surface area contributed by atoms with Gasteiger partial charge >= 0.3 is 0 Å². The van der Waals surface area contributed by atoms with Gasteiger partial charge in [0.05, 0.1) is 0 Å². The van der Waals surface area contributed by atoms with Crippen molar-refractivity contribution in [3.63, 3.8) is 0 Å². The van der Waals surface area contributed by atoms with Crippen molar-refractivity contribution in [3.05, 3.63) is 59.4 Å². The van der Waals surface area contributed by atoms with Gasteiger partial charge in [-0.15, -0.1) is 0 Å². The number of pyridine rings is 1. The highest BCUT2D eigenvalue weighted by Gasteiger charge is 2.26. The van der Waals surface area contributed by atoms with E-state index in [9.17, 15) is 8.42 Å². The topological polar surface area (TPSA) is 82.8 Å². The highest BCUT2D eigenvalue weighted by molar-refractivity contribution is 7.89. The number of nitrogens with one attached hydrogen (secondary N) is 1. The van der Waals surface area contributed by atoms with Crippen LogP contribution in [0.25, 0.3) is 0 Å². The van der Waals surface area contributed by atoms with E-state index in [1.807, 2.05) is 30.3 Å². The predicted octanol–water partition coefficient (Wildman–Crippen LogP) is 1.40. The number of rotatable bonds is 3. The number of hydrogen-bond donors (Lipinski definition) is 1. The summed E-state index contributed by atoms with van der Waals surface area (Å²) in [5, 5.41) is 8.68. The Morgan fingerprint density at radius 3 is 2.33 bits per heavy atom. The lowest BCUT2D eigenvalue weighted by Gasteiger charge is -2.12. The molecule has 21 heavy (non-hydrogen) atoms. The van der Waals surface area contributed by atoms with Crippen molar-refractivity contribution >= 4 is 10.0 Å². The number of aromatic nitrogens is 1. The van der Waals surface area contributed by atoms with Crippen LogP contribution >= 0.6 is 0 Å². The third kappa shape index (κ3) is 2.79. The van der Waals surface area contributed by atoms with Crippen molar-refractivity contribution in [2.24, 2.45) is 0 Å². The third-order valence-corrected chi connectivity index (χ3v) is 5.04. The molecule has 2 aromatic rings. The van der Waals surface area contributed by atoms with E-state index in [0.717, 1.165) is 0 Å². The summed E-state index contributed by atoms with van der Waals surface area (Å²) in [6, 6.07) is 12.5. The number of nitriles is 1. The summed E-state index contributed by atoms with van der Waals surface area (Å²) in [6.45, 7) is 0. The SMILES string of the molecule is N#Cc1ccc(S(=O)(=O)NC2Cc3ccccc3C2)cn1. The Morgan fingerprint density at radius 2 is 1.81 bits per heavy atom. The molecule has 106 valence electrons. The molecule has 5 nitrogen and oxygen atoms in total. The van der Waals surface area contributed by atoms with Crippen LogP contribution in [-0.4, -0.2) is 19.4 Å². The maximum atomic E-state index is 12.3. The molecule has 1 heterocycles. The maximum absolute atomic E-state index is 12.3. The first-order valence-corrected chi connectivity index (χ1v) is 8.02. The van der Waals surface area contributed by atoms with Crippen LogP contribution in [0.3, 0.4) is 0 Å². The first kappa shape index (κ1) is 13.7. The summed E-state index contributed by atoms with van der Waals surface area (Å²) < 4.78 is 27.3. The van der Waals surface area contributed by atoms with E-state index in [-0.39, 0.29) is 16.6 Å². The van der Waals surface area contributed by atoms with Crippen LogP contribution in [-0.2, 0) is 22.9 Å². The Labute approximate surface area is 123 Å². The van der Waals surface area contributed by atoms with Crippen molar-refractivity contribution in [3.8, 4) is 6.07 Å². The van der Waals surface area contributed by atoms with E-state index in [1.54, 1.807) is 0 Å². The molecule has 1 N–H and O–H groups in total. The van der Waals surface area contributed by atoms with Crippen molar-refractivity contribution in [2.45, 2.75) is 23.8 Å². The second kappa shape index (κ2) is 5.28. The monoisotopic (exact) mass is 299 g/mol. The molecule has 0 spiro atoms. The van der Waals surface area contributed by atoms with Crippen LogP contribution in [0, 0.1) is 11.3 Å². The summed E-state index contributed by atoms with van der Waals surface area (Å²) >= 11 is 0. The van der Waals surface area contributed by atoms with Crippen LogP contribution in [0.2, 0.25) is 0 Å². The fraction of sp³-hybridized carbons (Fsp3) is 0.200. The van der Waals surface area contributed by atoms with Crippen LogP contribution in [0.15, 0.2) is 47.5 Å². The molecule has 0 unspecified atom stereocenters. The average molecular weight is 299 g/mol. The normalized spacial score (nSPS) is 14.6. The zero-order valence-corrected chi connectivity index (χ0v) is 12.0. The van der Waals surface area contributed by atoms with Gasteiger partial charge in [-0.3, -0.25) is 0 Å². The van der Waals surface area contributed by atoms with E-state index in [1.165, 1.54) is 29.5 Å². The van der Waals surface area contributed by atoms with E-state index in [2.05, 4.69) is 9.71 Å². The lowest BCUT2D eigenvalue weighted by atomic mass is 10.1. The molecular weight excluding hydrogens is 286 g/mol. The maximum Gasteiger partial charge on any atom is 0.242 e. The van der Waals surface area contributed by atoms with Gasteiger partial charge in [-0.1, -0.05) is 24.3 Å². The molecule has 0 amide bonds. The molecule has 0 aliphatic heterocycles. The first-order chi connectivity index (χ1) is 10.1. The summed E-state index contributed by atoms with van der Waals surface area (Å²) in [4.78, 5) is 3.88. The lowest BCUT2D eigenvalue weighted by Crippen LogP contribution is -2.35. The quantitative estimate of drug-likeness (QED) is 0.928. The Bertz CT molecular complexity index is 783. The molecule has 0 atom stereocenters. The van der Waals surface area contributed by atoms with Crippen molar-refractivity contribution in [2.75, 3.05) is 0 Å². The van der Waals surface area contributed by atoms with E-state index >= 15 is 0 Å². The van der Waals surface area contributed by atoms with Gasteiger partial charge in [0, 0.05) is 12.2 Å². The number of nitrogens with zero attached hydrogens (tertiary/aromatic N) is 2. The molecule has 0 bridgehead atoms. The fourth-order valence-electron chi connectivity index (χ4n) is 2.54. The molecule has 1 aromatic heterocycles. The third-order valence-electron chi connectivity index (χ3n) is 3.53. The number of benzene rings is 1. The van der Waals surface area contributed by atoms with Crippen LogP contribution in [0.1, 0.15) is 16.8 Å². The van der Waals surface area contributed by atoms with Crippen molar-refractivity contribution in [1.82, 2.24) is 9.71 Å². The van der Waals surface area contributed by atoms with Crippen molar-refractivity contribution in [1.29, 1.82) is 5.26 Å². The Morgan fingerprint density at radius 1 is 1.14 bits per heavy atom. The summed E-state index contributed by atoms with van der Waals surface area (Å²) in [5.41, 5.74) is 2.56. The predicted molar refractivity (Wildman–Crippen MR) is 76.9 cm³/mol. The minimum atomic E-state index is -3.61. The minimum Gasteiger partial charge on any atom is -0.244 e. The van der Waals surface area contributed by atoms with Gasteiger partial charge in [0.25, 0.3) is 0 Å². The summed E-state index contributed by atoms with van der Waals surface area (Å²) in [5.74, 6) is 0. The smallest absolute Gasteiger partial charge is 0.242 e. The van der Waals surface area contributed by atoms with Gasteiger partial charge in [0.15, 0.2) is 0 Å². The lowest BCUT2D eigenvalue weighted by molar-refractivity contribution is 0.555. The van der Waals surface area contributed by atoms with Gasteiger partial charge < -0.3 is 0 Å². The standard InChI is InChI=1S/C15H13N3O2S/c16-9-13-5-6-15(10-17-13)21(19,20)18-14-7-11-3-1-2-4-12(11)8-14/h1-6,10,14,18H,7-8H2. The van der Waals surface area contributed by atoms with E-state index in [0.29, 0.717) is 12.8 Å². The molecule has 1 aromatic carbocycles. The largest absolute Gasteiger partial charge is 0.244 e. The molecule has 0 radical (unpaired) electrons. The second-order valence-electron chi connectivity index (χ2n) is 4.99. The zero-order valence-electron chi connectivity index (χ0n) is 11.2. The summed E-state index contributed by atoms with van der Waals surface area (Å²) in [7, 11) is -3.61. The fourth-order valence-corrected chi connectivity index (χ4v) is 3.72. The Hall–Kier alpha value is -2.23. The molecule has 6 heteroatoms. The average Bonchev–Trinajstić information content (AvgIpc) is 2.88. The van der Waals surface area contributed by atoms with Gasteiger partial charge in [-0.25, -0.2) is 18.1 Å². The van der Waals surface area contributed by atoms with Gasteiger partial charge in [-0.05, 0) is 36.1 Å². The molecule has 0 saturated carbocycles. The van der Waals surface area contributed by atoms with Gasteiger partial charge in [-0.2, -0.15) is 5.26 Å². The first-order valence-electron chi connectivity index (χ1n) is 6.54. The number of fused-ring (bicyclic) bond motifs is 1. The molecule has 1 aliphatic carbocycles. The highest BCUT2D eigenvalue weighted by Crippen LogP contribution is 2.23. The molecule has 0 saturated heterocycles. The van der Waals surface area contributed by atoms with E-state index < -0.39 is 10.0 Å². The van der Waals surface area contributed by atoms with Gasteiger partial charge in [0.1, 0.15) is 16.7 Å². The minimum absolute atomic E-state index is 0.0810. The highest BCUT2D eigenvalue weighted by atomic mass is 32.2. The zero-order chi connectivity index (χ0) is 14.9. The summed E-state index contributed by atoms with van der Waals surface area (Å²) in [6.07, 6.45) is 2.60. The van der Waals surface area contributed by atoms with Gasteiger partial charge in [0.2, 0.25) is 10.0 Å². The van der Waals surface area contributed by atoms with Crippen LogP contribution < -0.4 is 4.72 Å². The van der Waals surface area contributed by atoms with E-state index in [4.69, 9.17) is 5.26 Å². The Balaban J connectivity index is 1.77.